The summed E-state index contributed by atoms with van der Waals surface area (Å²) in [6.45, 7) is 9.31. The zero-order valence-electron chi connectivity index (χ0n) is 42.3. The van der Waals surface area contributed by atoms with Gasteiger partial charge in [-0.2, -0.15) is 9.97 Å². The van der Waals surface area contributed by atoms with E-state index in [0.717, 1.165) is 103 Å². The second kappa shape index (κ2) is 20.6. The Morgan fingerprint density at radius 1 is 0.747 bits per heavy atom. The number of piperidine rings is 4. The van der Waals surface area contributed by atoms with Gasteiger partial charge in [0.15, 0.2) is 11.6 Å². The molecule has 75 heavy (non-hydrogen) atoms. The fraction of sp³-hybridized carbons (Fsp3) is 0.500. The highest BCUT2D eigenvalue weighted by molar-refractivity contribution is 6.06. The van der Waals surface area contributed by atoms with Crippen molar-refractivity contribution in [3.05, 3.63) is 82.7 Å². The van der Waals surface area contributed by atoms with E-state index in [1.165, 1.54) is 48.4 Å². The van der Waals surface area contributed by atoms with Gasteiger partial charge in [0.25, 0.3) is 5.91 Å². The van der Waals surface area contributed by atoms with Crippen LogP contribution in [-0.4, -0.2) is 138 Å². The lowest BCUT2D eigenvalue weighted by Crippen LogP contribution is -2.52. The Labute approximate surface area is 435 Å². The maximum Gasteiger partial charge on any atom is 0.319 e. The van der Waals surface area contributed by atoms with Gasteiger partial charge in [-0.25, -0.2) is 13.2 Å². The van der Waals surface area contributed by atoms with Crippen LogP contribution in [0.15, 0.2) is 48.5 Å². The molecule has 0 aliphatic carbocycles. The van der Waals surface area contributed by atoms with Crippen molar-refractivity contribution in [1.82, 2.24) is 35.3 Å². The number of carbonyl (C=O) groups is 3. The first-order chi connectivity index (χ1) is 36.4. The van der Waals surface area contributed by atoms with Crippen LogP contribution in [0.2, 0.25) is 0 Å². The van der Waals surface area contributed by atoms with Crippen LogP contribution in [-0.2, 0) is 16.1 Å². The number of fused-ring (bicyclic) bond motifs is 5. The lowest BCUT2D eigenvalue weighted by atomic mass is 9.82. The maximum absolute atomic E-state index is 17.1. The average molecular weight is 1020 g/mol. The molecule has 6 fully saturated rings. The number of ether oxygens (including phenoxy) is 1. The molecule has 2 bridgehead atoms. The summed E-state index contributed by atoms with van der Waals surface area (Å²) >= 11 is 0. The van der Waals surface area contributed by atoms with E-state index in [4.69, 9.17) is 16.1 Å². The molecule has 6 saturated heterocycles. The van der Waals surface area contributed by atoms with Gasteiger partial charge in [0.05, 0.1) is 17.8 Å². The van der Waals surface area contributed by atoms with Crippen molar-refractivity contribution in [2.45, 2.75) is 95.3 Å². The summed E-state index contributed by atoms with van der Waals surface area (Å²) in [5, 5.41) is 18.1. The van der Waals surface area contributed by atoms with Crippen LogP contribution in [0.1, 0.15) is 92.1 Å². The molecule has 0 radical (unpaired) electrons. The third-order valence-electron chi connectivity index (χ3n) is 17.6. The molecule has 0 spiro atoms. The number of aromatic nitrogens is 2. The van der Waals surface area contributed by atoms with Gasteiger partial charge in [0.2, 0.25) is 11.8 Å². The highest BCUT2D eigenvalue weighted by Crippen LogP contribution is 2.42. The summed E-state index contributed by atoms with van der Waals surface area (Å²) in [4.78, 5) is 57.8. The zero-order chi connectivity index (χ0) is 51.5. The Balaban J connectivity index is 0.619. The van der Waals surface area contributed by atoms with Gasteiger partial charge in [-0.15, -0.1) is 6.42 Å². The summed E-state index contributed by atoms with van der Waals surface area (Å²) in [5.41, 5.74) is 1.66. The molecule has 3 amide bonds. The molecule has 4 aromatic carbocycles. The number of imide groups is 1. The Morgan fingerprint density at radius 2 is 1.45 bits per heavy atom. The maximum atomic E-state index is 17.1. The van der Waals surface area contributed by atoms with Crippen molar-refractivity contribution >= 4 is 50.9 Å². The van der Waals surface area contributed by atoms with E-state index in [1.54, 1.807) is 24.3 Å². The third-order valence-corrected chi connectivity index (χ3v) is 17.6. The number of aromatic hydroxyl groups is 1. The van der Waals surface area contributed by atoms with Crippen molar-refractivity contribution in [1.29, 1.82) is 0 Å². The second-order valence-corrected chi connectivity index (χ2v) is 22.2. The largest absolute Gasteiger partial charge is 0.508 e. The predicted molar refractivity (Wildman–Crippen MR) is 280 cm³/mol. The van der Waals surface area contributed by atoms with Crippen LogP contribution in [0.3, 0.4) is 0 Å². The molecule has 3 unspecified atom stereocenters. The van der Waals surface area contributed by atoms with E-state index in [-0.39, 0.29) is 71.0 Å². The van der Waals surface area contributed by atoms with Crippen molar-refractivity contribution in [3.8, 4) is 35.2 Å². The van der Waals surface area contributed by atoms with Crippen LogP contribution in [0.25, 0.3) is 32.8 Å². The van der Waals surface area contributed by atoms with Crippen LogP contribution >= 0.6 is 0 Å². The SMILES string of the molecule is C#Cc1c(F)ccc2cc(O)cc(-c3ccc4c(N5CC6CCC(C5)N6)nc(OCCN5CCC(CC6CCN(CC7CCN(c8ccc9c(c8F)CN(C8CCC(=O)NC8=O)C9=O)CC7)CC6)CC5)nc4c3F)c12. The fourth-order valence-corrected chi connectivity index (χ4v) is 13.5. The van der Waals surface area contributed by atoms with Gasteiger partial charge in [0.1, 0.15) is 35.6 Å². The number of benzene rings is 4. The van der Waals surface area contributed by atoms with Gasteiger partial charge in [0, 0.05) is 85.2 Å². The van der Waals surface area contributed by atoms with Gasteiger partial charge >= 0.3 is 6.01 Å². The molecule has 14 nitrogen and oxygen atoms in total. The van der Waals surface area contributed by atoms with Crippen LogP contribution in [0.4, 0.5) is 24.7 Å². The lowest BCUT2D eigenvalue weighted by Gasteiger charge is -2.39. The van der Waals surface area contributed by atoms with Crippen LogP contribution in [0.5, 0.6) is 11.8 Å². The van der Waals surface area contributed by atoms with E-state index in [2.05, 4.69) is 41.1 Å². The molecule has 1 aromatic heterocycles. The number of phenols is 1. The first-order valence-corrected chi connectivity index (χ1v) is 27.2. The molecular formula is C58H64F3N9O5. The van der Waals surface area contributed by atoms with E-state index < -0.39 is 23.6 Å². The standard InChI is InChI=1S/C58H64F3N9O5/c1-2-41-47(59)9-3-37-28-40(71)29-45(51(37)41)42-6-7-44-54(53(42)61)64-58(65-55(44)69-31-38-4-5-39(32-69)62-38)75-26-25-66-19-13-34(14-20-66)27-35-15-21-67(22-16-35)30-36-17-23-68(24-18-36)48-10-8-43-46(52(48)60)33-70(57(43)74)49-11-12-50(72)63-56(49)73/h1,3,6-10,28-29,34-36,38-39,49,62,71H,4-5,11-27,30-33H2,(H,63,72,73). The molecule has 8 heterocycles. The Bertz CT molecular complexity index is 3100. The molecule has 3 atom stereocenters. The van der Waals surface area contributed by atoms with Gasteiger partial charge in [-0.3, -0.25) is 24.6 Å². The molecule has 3 N–H and O–H groups in total. The lowest BCUT2D eigenvalue weighted by molar-refractivity contribution is -0.136. The average Bonchev–Trinajstić information content (AvgIpc) is 3.94. The number of nitrogens with zero attached hydrogens (tertiary/aromatic N) is 7. The molecule has 392 valence electrons. The van der Waals surface area contributed by atoms with Crippen LogP contribution < -0.4 is 25.2 Å². The van der Waals surface area contributed by atoms with Gasteiger partial charge < -0.3 is 34.8 Å². The van der Waals surface area contributed by atoms with E-state index in [9.17, 15) is 19.5 Å². The highest BCUT2D eigenvalue weighted by Gasteiger charge is 2.41. The first kappa shape index (κ1) is 49.4. The number of hydrogen-bond acceptors (Lipinski definition) is 12. The van der Waals surface area contributed by atoms with Gasteiger partial charge in [-0.05, 0) is 155 Å². The quantitative estimate of drug-likeness (QED) is 0.0848. The Morgan fingerprint density at radius 3 is 2.17 bits per heavy atom. The van der Waals surface area contributed by atoms with E-state index in [1.807, 2.05) is 0 Å². The number of phenolic OH excluding ortho intramolecular Hbond substituents is 1. The summed E-state index contributed by atoms with van der Waals surface area (Å²) in [6, 6.07) is 12.5. The topological polar surface area (TPSA) is 147 Å². The smallest absolute Gasteiger partial charge is 0.319 e. The molecular weight excluding hydrogens is 960 g/mol. The number of carbonyl (C=O) groups excluding carboxylic acids is 3. The zero-order valence-corrected chi connectivity index (χ0v) is 42.3. The van der Waals surface area contributed by atoms with E-state index in [0.29, 0.717) is 75.9 Å². The van der Waals surface area contributed by atoms with Crippen molar-refractivity contribution < 1.29 is 37.4 Å². The number of rotatable bonds is 12. The van der Waals surface area contributed by atoms with Crippen molar-refractivity contribution in [2.75, 3.05) is 81.9 Å². The number of anilines is 2. The number of piperazine rings is 1. The first-order valence-electron chi connectivity index (χ1n) is 27.2. The normalized spacial score (nSPS) is 23.4. The molecule has 17 heteroatoms. The molecule has 5 aromatic rings. The van der Waals surface area contributed by atoms with Crippen molar-refractivity contribution in [3.63, 3.8) is 0 Å². The van der Waals surface area contributed by atoms with E-state index >= 15 is 13.2 Å². The van der Waals surface area contributed by atoms with Crippen molar-refractivity contribution in [2.24, 2.45) is 17.8 Å². The monoisotopic (exact) mass is 1020 g/mol. The highest BCUT2D eigenvalue weighted by atomic mass is 19.1. The summed E-state index contributed by atoms with van der Waals surface area (Å²) in [6.07, 6.45) is 16.2. The molecule has 7 aliphatic heterocycles. The van der Waals surface area contributed by atoms with Crippen LogP contribution in [0, 0.1) is 47.5 Å². The minimum Gasteiger partial charge on any atom is -0.508 e. The number of hydrogen-bond donors (Lipinski definition) is 3. The Hall–Kier alpha value is -6.48. The molecule has 0 saturated carbocycles. The van der Waals surface area contributed by atoms with Gasteiger partial charge in [-0.1, -0.05) is 18.1 Å². The number of nitrogens with one attached hydrogen (secondary N) is 2. The predicted octanol–water partition coefficient (Wildman–Crippen LogP) is 7.37. The summed E-state index contributed by atoms with van der Waals surface area (Å²) in [7, 11) is 0. The number of terminal acetylenes is 1. The number of amides is 3. The molecule has 7 aliphatic rings. The third kappa shape index (κ3) is 9.74. The minimum atomic E-state index is -0.770. The molecule has 12 rings (SSSR count). The fourth-order valence-electron chi connectivity index (χ4n) is 13.5. The number of halogens is 3. The Kier molecular flexibility index (Phi) is 13.5. The summed E-state index contributed by atoms with van der Waals surface area (Å²) in [5.74, 6) is 2.11. The second-order valence-electron chi connectivity index (χ2n) is 22.2. The minimum absolute atomic E-state index is 0.00159. The summed E-state index contributed by atoms with van der Waals surface area (Å²) < 4.78 is 54.5. The number of likely N-dealkylation sites (tertiary alicyclic amines) is 2.